The molecule has 16 rings (SSSR count). The molecule has 0 spiro atoms. The Balaban J connectivity index is 0.000000161. The Kier molecular flexibility index (Phi) is 30.7. The molecule has 134 heavy (non-hydrogen) atoms. The summed E-state index contributed by atoms with van der Waals surface area (Å²) in [5.74, 6) is -3.65. The molecule has 0 atom stereocenters. The number of piperidine rings is 2. The van der Waals surface area contributed by atoms with Crippen molar-refractivity contribution >= 4 is 93.4 Å². The maximum Gasteiger partial charge on any atom is 0.491 e. The Bertz CT molecular complexity index is 6530. The van der Waals surface area contributed by atoms with Gasteiger partial charge in [0.2, 0.25) is 36.4 Å². The van der Waals surface area contributed by atoms with Crippen LogP contribution in [-0.2, 0) is 30.9 Å². The molecule has 698 valence electrons. The van der Waals surface area contributed by atoms with Gasteiger partial charge in [-0.05, 0) is 182 Å². The van der Waals surface area contributed by atoms with Gasteiger partial charge in [-0.3, -0.25) is 50.6 Å². The fourth-order valence-electron chi connectivity index (χ4n) is 12.3. The molecule has 8 heterocycles. The zero-order chi connectivity index (χ0) is 97.2. The number of nitrogens with zero attached hydrogens (tertiary/aromatic N) is 23. The predicted octanol–water partition coefficient (Wildman–Crippen LogP) is 16.4. The molecule has 2 aliphatic heterocycles. The Morgan fingerprint density at radius 1 is 0.358 bits per heavy atom. The SMILES string of the molecule is Nc1ccc(N2CCCCC2)cc1C(=O)Nc1ncn(-c2cccc(C(F)(F)F)c2)n1.Nc1ncn(-c2cccc(C(F)(F)F)c2)n1.O=C(Nc1ncn(-c2cccc(C(F)(F)F)c2)n1)c1cc(Cl)ccc1[N+](=O)[O-].O=C(Nc1ncn(-c2cccc(C(F)(F)F)c2)n1)c1cc(N2CCCCC2)ccc1[N+](=O)[O-].O=[N+]([O-])c1ncn(-c2cccc(C(F)(F)F)c2)n1.O=[N+]([O-])c1ncn[nH]1. The second-order valence-corrected chi connectivity index (χ2v) is 28.2. The van der Waals surface area contributed by atoms with Gasteiger partial charge in [-0.2, -0.15) is 80.8 Å². The minimum atomic E-state index is -4.53. The maximum absolute atomic E-state index is 13.0. The lowest BCUT2D eigenvalue weighted by molar-refractivity contribution is -0.394. The van der Waals surface area contributed by atoms with Crippen molar-refractivity contribution in [3.05, 3.63) is 304 Å². The van der Waals surface area contributed by atoms with E-state index in [0.717, 1.165) is 176 Å². The molecule has 0 bridgehead atoms. The number of halogens is 16. The van der Waals surface area contributed by atoms with Crippen molar-refractivity contribution in [3.8, 4) is 28.4 Å². The number of nitro groups is 4. The van der Waals surface area contributed by atoms with Crippen LogP contribution in [0.2, 0.25) is 5.02 Å². The highest BCUT2D eigenvalue weighted by atomic mass is 35.5. The van der Waals surface area contributed by atoms with E-state index in [0.29, 0.717) is 16.9 Å². The smallest absolute Gasteiger partial charge is 0.398 e. The number of alkyl halides is 15. The molecular weight excluding hydrogens is 1840 g/mol. The van der Waals surface area contributed by atoms with E-state index in [1.807, 2.05) is 6.07 Å². The van der Waals surface area contributed by atoms with E-state index in [2.05, 4.69) is 91.3 Å². The number of aromatic nitrogens is 18. The van der Waals surface area contributed by atoms with E-state index >= 15 is 0 Å². The van der Waals surface area contributed by atoms with Crippen LogP contribution < -0.4 is 37.2 Å². The molecule has 2 saturated heterocycles. The first-order valence-electron chi connectivity index (χ1n) is 38.3. The summed E-state index contributed by atoms with van der Waals surface area (Å²) in [6.07, 6.45) is -9.09. The van der Waals surface area contributed by atoms with Gasteiger partial charge in [0.25, 0.3) is 29.1 Å². The van der Waals surface area contributed by atoms with Gasteiger partial charge < -0.3 is 41.5 Å². The lowest BCUT2D eigenvalue weighted by Crippen LogP contribution is -2.29. The average Bonchev–Trinajstić information content (AvgIpc) is 0.821. The van der Waals surface area contributed by atoms with E-state index in [9.17, 15) is 121 Å². The van der Waals surface area contributed by atoms with E-state index in [-0.39, 0.29) is 80.0 Å². The van der Waals surface area contributed by atoms with Crippen LogP contribution in [-0.4, -0.2) is 153 Å². The van der Waals surface area contributed by atoms with E-state index in [4.69, 9.17) is 23.1 Å². The van der Waals surface area contributed by atoms with Gasteiger partial charge in [-0.1, -0.05) is 57.0 Å². The summed E-state index contributed by atoms with van der Waals surface area (Å²) >= 11 is 5.77. The predicted molar refractivity (Wildman–Crippen MR) is 444 cm³/mol. The van der Waals surface area contributed by atoms with Crippen molar-refractivity contribution in [1.29, 1.82) is 0 Å². The third kappa shape index (κ3) is 26.4. The Morgan fingerprint density at radius 3 is 1.01 bits per heavy atom. The van der Waals surface area contributed by atoms with Crippen LogP contribution in [0, 0.1) is 40.5 Å². The molecule has 0 radical (unpaired) electrons. The first-order chi connectivity index (χ1) is 63.3. The lowest BCUT2D eigenvalue weighted by atomic mass is 10.1. The number of nitro benzene ring substituents is 2. The summed E-state index contributed by atoms with van der Waals surface area (Å²) in [5, 5.41) is 74.3. The number of carbonyl (C=O) groups is 3. The molecule has 40 nitrogen and oxygen atoms in total. The molecule has 3 amide bonds. The van der Waals surface area contributed by atoms with Crippen molar-refractivity contribution in [2.24, 2.45) is 0 Å². The summed E-state index contributed by atoms with van der Waals surface area (Å²) in [5.41, 5.74) is 8.70. The first-order valence-corrected chi connectivity index (χ1v) is 38.6. The Hall–Kier alpha value is -17.0. The number of hydrogen-bond donors (Lipinski definition) is 6. The van der Waals surface area contributed by atoms with Gasteiger partial charge in [-0.25, -0.2) is 23.7 Å². The van der Waals surface area contributed by atoms with Crippen LogP contribution >= 0.6 is 11.6 Å². The number of amides is 3. The summed E-state index contributed by atoms with van der Waals surface area (Å²) < 4.78 is 196. The monoisotopic (exact) mass is 1900 g/mol. The minimum absolute atomic E-state index is 0.0115. The second kappa shape index (κ2) is 42.1. The number of anilines is 7. The van der Waals surface area contributed by atoms with Crippen LogP contribution in [0.4, 0.5) is 130 Å². The molecule has 2 aliphatic rings. The van der Waals surface area contributed by atoms with Gasteiger partial charge in [0, 0.05) is 65.5 Å². The van der Waals surface area contributed by atoms with Crippen LogP contribution in [0.15, 0.2) is 214 Å². The van der Waals surface area contributed by atoms with Crippen molar-refractivity contribution in [3.63, 3.8) is 0 Å². The van der Waals surface area contributed by atoms with Gasteiger partial charge in [0.1, 0.15) is 36.4 Å². The molecular formula is C78H63ClF15N29O11. The summed E-state index contributed by atoms with van der Waals surface area (Å²) in [6, 6.07) is 35.6. The fourth-order valence-corrected chi connectivity index (χ4v) is 12.4. The maximum atomic E-state index is 13.0. The van der Waals surface area contributed by atoms with Gasteiger partial charge in [0.05, 0.1) is 71.7 Å². The average molecular weight is 1900 g/mol. The van der Waals surface area contributed by atoms with Crippen molar-refractivity contribution in [1.82, 2.24) is 89.0 Å². The Morgan fingerprint density at radius 2 is 0.687 bits per heavy atom. The highest BCUT2D eigenvalue weighted by molar-refractivity contribution is 6.31. The standard InChI is InChI=1S/C21H19F3N6O3.C21H21F3N6O.C16H9ClF3N5O3.C9H5F3N4O2.C9H7F3N4.C2H2N4O2/c22-21(23,24)14-5-4-6-16(11-14)29-13-25-20(27-29)26-19(31)17-12-15(7-8-18(17)30(32)33)28-9-2-1-3-10-28;22-21(23,24)14-5-4-6-16(11-14)30-13-26-20(28-30)27-19(31)17-12-15(7-8-18(17)25)29-9-2-1-3-10-29;17-10-4-5-13(25(27)28)12(7-10)14(26)22-15-21-8-24(23-15)11-3-1-2-9(6-11)16(18,19)20;10-9(11,12)6-2-1-3-7(4-6)15-5-13-8(14-15)16(17)18;10-9(11,12)6-2-1-3-7(4-6)16-5-14-8(13)15-16;7-6(8)2-3-1-4-5-2/h4-8,11-13H,1-3,9-10H2,(H,26,27,31);4-8,11-13H,1-3,9-10,25H2,(H,27,28,31);1-8H,(H,22,23,26);1-5H;1-5H,(H2,13,15);1H,(H,3,4,5). The number of rotatable bonds is 17. The van der Waals surface area contributed by atoms with Crippen molar-refractivity contribution in [2.75, 3.05) is 63.4 Å². The normalized spacial score (nSPS) is 12.7. The second-order valence-electron chi connectivity index (χ2n) is 27.7. The number of hydrogen-bond acceptors (Lipinski definition) is 27. The fraction of sp³-hybridized carbons (Fsp3) is 0.192. The summed E-state index contributed by atoms with van der Waals surface area (Å²) in [7, 11) is 0. The molecule has 0 aliphatic carbocycles. The van der Waals surface area contributed by atoms with Crippen LogP contribution in [0.1, 0.15) is 97.4 Å². The molecule has 6 aromatic heterocycles. The number of benzene rings is 8. The Labute approximate surface area is 744 Å². The summed E-state index contributed by atoms with van der Waals surface area (Å²) in [6.45, 7) is 3.44. The molecule has 2 fully saturated rings. The molecule has 8 N–H and O–H groups in total. The quantitative estimate of drug-likeness (QED) is 0.0213. The zero-order valence-electron chi connectivity index (χ0n) is 67.8. The number of carbonyl (C=O) groups excluding carboxylic acids is 3. The minimum Gasteiger partial charge on any atom is -0.398 e. The number of H-pyrrole nitrogens is 1. The molecule has 0 saturated carbocycles. The van der Waals surface area contributed by atoms with Crippen LogP contribution in [0.5, 0.6) is 0 Å². The third-order valence-corrected chi connectivity index (χ3v) is 18.8. The molecule has 56 heteroatoms. The zero-order valence-corrected chi connectivity index (χ0v) is 68.5. The van der Waals surface area contributed by atoms with Crippen LogP contribution in [0.3, 0.4) is 0 Å². The van der Waals surface area contributed by atoms with Gasteiger partial charge in [-0.15, -0.1) is 30.2 Å². The molecule has 14 aromatic rings. The van der Waals surface area contributed by atoms with Gasteiger partial charge in [0.15, 0.2) is 0 Å². The number of nitrogens with one attached hydrogen (secondary N) is 4. The van der Waals surface area contributed by atoms with E-state index in [1.165, 1.54) is 107 Å². The van der Waals surface area contributed by atoms with E-state index < -0.39 is 108 Å². The highest BCUT2D eigenvalue weighted by Crippen LogP contribution is 2.37. The van der Waals surface area contributed by atoms with E-state index in [1.54, 1.807) is 18.2 Å². The van der Waals surface area contributed by atoms with Gasteiger partial charge >= 0.3 is 42.8 Å². The highest BCUT2D eigenvalue weighted by Gasteiger charge is 2.36. The largest absolute Gasteiger partial charge is 0.491 e. The molecule has 8 aromatic carbocycles. The number of aromatic amines is 1. The van der Waals surface area contributed by atoms with Crippen LogP contribution in [0.25, 0.3) is 28.4 Å². The number of nitrogens with two attached hydrogens (primary N) is 2. The lowest BCUT2D eigenvalue weighted by Gasteiger charge is -2.29. The first kappa shape index (κ1) is 97.7. The topological polar surface area (TPSA) is 513 Å². The van der Waals surface area contributed by atoms with Crippen molar-refractivity contribution in [2.45, 2.75) is 69.4 Å². The third-order valence-electron chi connectivity index (χ3n) is 18.6. The number of nitrogen functional groups attached to an aromatic ring is 2. The molecule has 0 unspecified atom stereocenters. The summed E-state index contributed by atoms with van der Waals surface area (Å²) in [4.78, 5) is 104. The van der Waals surface area contributed by atoms with Crippen molar-refractivity contribution < 1.29 is 99.9 Å².